The summed E-state index contributed by atoms with van der Waals surface area (Å²) in [5.41, 5.74) is 5.41. The van der Waals surface area contributed by atoms with E-state index in [9.17, 15) is 0 Å². The van der Waals surface area contributed by atoms with Gasteiger partial charge in [-0.25, -0.2) is 0 Å². The molecule has 0 heterocycles. The zero-order valence-corrected chi connectivity index (χ0v) is 19.6. The zero-order chi connectivity index (χ0) is 17.4. The highest BCUT2D eigenvalue weighted by Crippen LogP contribution is 2.34. The third kappa shape index (κ3) is 41.3. The highest BCUT2D eigenvalue weighted by Gasteiger charge is 2.21. The van der Waals surface area contributed by atoms with E-state index in [-0.39, 0.29) is 31.4 Å². The van der Waals surface area contributed by atoms with E-state index in [1.165, 1.54) is 64.2 Å². The Morgan fingerprint density at radius 3 is 1.22 bits per heavy atom. The molecule has 0 saturated heterocycles. The molecule has 2 aliphatic rings. The van der Waals surface area contributed by atoms with Gasteiger partial charge in [0.2, 0.25) is 0 Å². The van der Waals surface area contributed by atoms with Crippen molar-refractivity contribution in [2.45, 2.75) is 120 Å². The van der Waals surface area contributed by atoms with Crippen molar-refractivity contribution in [3.63, 3.8) is 0 Å². The van der Waals surface area contributed by atoms with Crippen LogP contribution < -0.4 is 24.2 Å². The molecule has 0 radical (unpaired) electrons. The van der Waals surface area contributed by atoms with Crippen LogP contribution in [0.25, 0.3) is 0 Å². The predicted octanol–water partition coefficient (Wildman–Crippen LogP) is 7.49. The molecule has 0 aromatic heterocycles. The van der Waals surface area contributed by atoms with Crippen LogP contribution in [0.2, 0.25) is 0 Å². The van der Waals surface area contributed by atoms with Crippen LogP contribution in [-0.2, 0) is 0 Å². The van der Waals surface area contributed by atoms with Crippen molar-refractivity contribution >= 4 is 0 Å². The van der Waals surface area contributed by atoms with Gasteiger partial charge in [-0.3, -0.25) is 0 Å². The first-order valence-corrected chi connectivity index (χ1v) is 10.0. The minimum absolute atomic E-state index is 0. The second kappa shape index (κ2) is 30.5. The van der Waals surface area contributed by atoms with Crippen molar-refractivity contribution in [2.75, 3.05) is 6.54 Å². The minimum atomic E-state index is 0. The first kappa shape index (κ1) is 45.5. The van der Waals surface area contributed by atoms with E-state index < -0.39 is 0 Å². The Labute approximate surface area is 174 Å². The van der Waals surface area contributed by atoms with Crippen LogP contribution in [0.15, 0.2) is 0 Å². The number of hydrogen-bond acceptors (Lipinski definition) is 4. The van der Waals surface area contributed by atoms with Crippen molar-refractivity contribution in [1.82, 2.24) is 18.5 Å². The molecule has 0 aromatic carbocycles. The normalized spacial score (nSPS) is 15.1. The van der Waals surface area contributed by atoms with Crippen LogP contribution in [-0.4, -0.2) is 12.0 Å². The van der Waals surface area contributed by atoms with Crippen LogP contribution in [0.5, 0.6) is 0 Å². The lowest BCUT2D eigenvalue weighted by atomic mass is 9.84. The topological polar surface area (TPSA) is 163 Å². The van der Waals surface area contributed by atoms with Gasteiger partial charge < -0.3 is 29.7 Å². The largest absolute Gasteiger partial charge is 0.412 e. The Bertz CT molecular complexity index is 207. The molecular formula is C22H62N4O. The highest BCUT2D eigenvalue weighted by molar-refractivity contribution is 4.73. The summed E-state index contributed by atoms with van der Waals surface area (Å²) in [7, 11) is 0. The number of rotatable bonds is 1. The molecule has 27 heavy (non-hydrogen) atoms. The second-order valence-electron chi connectivity index (χ2n) is 8.42. The summed E-state index contributed by atoms with van der Waals surface area (Å²) in [6.45, 7) is 16.3. The summed E-state index contributed by atoms with van der Waals surface area (Å²) in [5, 5.41) is 0. The Morgan fingerprint density at radius 1 is 0.778 bits per heavy atom. The lowest BCUT2D eigenvalue weighted by Crippen LogP contribution is -2.10. The molecule has 2 saturated carbocycles. The van der Waals surface area contributed by atoms with Gasteiger partial charge in [-0.1, -0.05) is 114 Å². The van der Waals surface area contributed by atoms with E-state index in [2.05, 4.69) is 41.5 Å². The fraction of sp³-hybridized carbons (Fsp3) is 1.00. The van der Waals surface area contributed by atoms with Gasteiger partial charge in [-0.2, -0.15) is 0 Å². The number of nitrogens with two attached hydrogens (primary N) is 1. The molecule has 0 aromatic rings. The van der Waals surface area contributed by atoms with Gasteiger partial charge in [0.05, 0.1) is 0 Å². The average Bonchev–Trinajstić information content (AvgIpc) is 3.04. The molecule has 0 amide bonds. The van der Waals surface area contributed by atoms with Crippen molar-refractivity contribution in [2.24, 2.45) is 23.0 Å². The van der Waals surface area contributed by atoms with Gasteiger partial charge in [-0.15, -0.1) is 0 Å². The van der Waals surface area contributed by atoms with E-state index in [0.717, 1.165) is 18.4 Å². The van der Waals surface area contributed by atoms with Crippen LogP contribution in [0.1, 0.15) is 120 Å². The predicted molar refractivity (Wildman–Crippen MR) is 130 cm³/mol. The molecule has 0 unspecified atom stereocenters. The first-order chi connectivity index (χ1) is 10.3. The third-order valence-corrected chi connectivity index (χ3v) is 4.02. The van der Waals surface area contributed by atoms with Crippen LogP contribution >= 0.6 is 0 Å². The Morgan fingerprint density at radius 2 is 1.04 bits per heavy atom. The fourth-order valence-corrected chi connectivity index (χ4v) is 3.21. The third-order valence-electron chi connectivity index (χ3n) is 4.02. The lowest BCUT2D eigenvalue weighted by Gasteiger charge is -2.22. The standard InChI is InChI=1S/C10H20.C6H12.C3H8.C2H7N.CH4.3H3N.H2O/c1-10(2,3)8-9-6-4-5-7-9;1-6-4-2-3-5-6;1-3-2;1-2-3;;;;;/h9H,4-8H2,1-3H3;6H,2-5H2,1H3;3H2,1-2H3;2-3H2,1H3;1H4;3*1H3;1H2. The Kier molecular flexibility index (Phi) is 51.4. The lowest BCUT2D eigenvalue weighted by molar-refractivity contribution is 0.297. The quantitative estimate of drug-likeness (QED) is 0.359. The van der Waals surface area contributed by atoms with E-state index in [4.69, 9.17) is 5.73 Å². The van der Waals surface area contributed by atoms with Crippen LogP contribution in [0, 0.1) is 17.3 Å². The molecule has 2 rings (SSSR count). The molecule has 0 aliphatic heterocycles. The van der Waals surface area contributed by atoms with Gasteiger partial charge in [0, 0.05) is 0 Å². The maximum absolute atomic E-state index is 4.85. The maximum Gasteiger partial charge on any atom is -0.0106 e. The zero-order valence-electron chi connectivity index (χ0n) is 19.6. The van der Waals surface area contributed by atoms with Crippen molar-refractivity contribution < 1.29 is 5.48 Å². The molecule has 2 aliphatic carbocycles. The van der Waals surface area contributed by atoms with Crippen LogP contribution in [0.3, 0.4) is 0 Å². The Hall–Kier alpha value is -0.200. The number of hydrogen-bond donors (Lipinski definition) is 4. The SMILES string of the molecule is C.CC(C)(C)CC1CCCC1.CC1CCCC1.CCC.CCN.N.N.N.O. The fourth-order valence-electron chi connectivity index (χ4n) is 3.21. The van der Waals surface area contributed by atoms with Gasteiger partial charge in [0.1, 0.15) is 0 Å². The first-order valence-electron chi connectivity index (χ1n) is 10.0. The van der Waals surface area contributed by atoms with Gasteiger partial charge >= 0.3 is 0 Å². The van der Waals surface area contributed by atoms with Gasteiger partial charge in [0.15, 0.2) is 0 Å². The molecule has 176 valence electrons. The monoisotopic (exact) mass is 398 g/mol. The van der Waals surface area contributed by atoms with Gasteiger partial charge in [-0.05, 0) is 30.2 Å². The van der Waals surface area contributed by atoms with Crippen molar-refractivity contribution in [3.05, 3.63) is 0 Å². The molecule has 0 atom stereocenters. The molecular weight excluding hydrogens is 336 g/mol. The van der Waals surface area contributed by atoms with Crippen LogP contribution in [0.4, 0.5) is 0 Å². The highest BCUT2D eigenvalue weighted by atomic mass is 16.0. The summed E-state index contributed by atoms with van der Waals surface area (Å²) in [4.78, 5) is 0. The molecule has 0 spiro atoms. The molecule has 13 N–H and O–H groups in total. The van der Waals surface area contributed by atoms with Crippen molar-refractivity contribution in [3.8, 4) is 0 Å². The summed E-state index contributed by atoms with van der Waals surface area (Å²) < 4.78 is 0. The van der Waals surface area contributed by atoms with E-state index in [1.807, 2.05) is 6.92 Å². The molecule has 5 nitrogen and oxygen atoms in total. The Balaban J connectivity index is -0.0000000416. The minimum Gasteiger partial charge on any atom is -0.412 e. The van der Waals surface area contributed by atoms with Crippen molar-refractivity contribution in [1.29, 1.82) is 0 Å². The molecule has 0 bridgehead atoms. The molecule has 5 heteroatoms. The second-order valence-corrected chi connectivity index (χ2v) is 8.42. The van der Waals surface area contributed by atoms with E-state index >= 15 is 0 Å². The van der Waals surface area contributed by atoms with E-state index in [1.54, 1.807) is 0 Å². The average molecular weight is 399 g/mol. The summed E-state index contributed by atoms with van der Waals surface area (Å²) in [6, 6.07) is 0. The smallest absolute Gasteiger partial charge is 0.0106 e. The van der Waals surface area contributed by atoms with E-state index in [0.29, 0.717) is 5.41 Å². The summed E-state index contributed by atoms with van der Waals surface area (Å²) in [5.74, 6) is 2.10. The maximum atomic E-state index is 4.85. The summed E-state index contributed by atoms with van der Waals surface area (Å²) >= 11 is 0. The van der Waals surface area contributed by atoms with Gasteiger partial charge in [0.25, 0.3) is 0 Å². The summed E-state index contributed by atoms with van der Waals surface area (Å²) in [6.07, 6.45) is 14.6. The molecule has 2 fully saturated rings.